The minimum atomic E-state index is 1.23. The molecule has 1 heteroatoms. The van der Waals surface area contributed by atoms with E-state index in [9.17, 15) is 0 Å². The van der Waals surface area contributed by atoms with Gasteiger partial charge in [0, 0.05) is 20.2 Å². The molecule has 11 aromatic carbocycles. The Hall–Kier alpha value is -6.80. The van der Waals surface area contributed by atoms with E-state index in [1.54, 1.807) is 0 Å². The predicted octanol–water partition coefficient (Wildman–Crippen LogP) is 16.0. The highest BCUT2D eigenvalue weighted by molar-refractivity contribution is 7.25. The molecular weight excluding hydrogens is 681 g/mol. The van der Waals surface area contributed by atoms with Gasteiger partial charge >= 0.3 is 0 Å². The second-order valence-corrected chi connectivity index (χ2v) is 15.8. The Kier molecular flexibility index (Phi) is 6.60. The highest BCUT2D eigenvalue weighted by Crippen LogP contribution is 2.47. The van der Waals surface area contributed by atoms with Gasteiger partial charge in [-0.05, 0) is 122 Å². The Bertz CT molecular complexity index is 3470. The highest BCUT2D eigenvalue weighted by atomic mass is 32.1. The van der Waals surface area contributed by atoms with Crippen molar-refractivity contribution in [2.24, 2.45) is 0 Å². The molecular formula is C54H32S. The first-order chi connectivity index (χ1) is 27.3. The average molecular weight is 713 g/mol. The van der Waals surface area contributed by atoms with Crippen LogP contribution in [0.2, 0.25) is 0 Å². The van der Waals surface area contributed by atoms with Crippen LogP contribution in [0.5, 0.6) is 0 Å². The fourth-order valence-electron chi connectivity index (χ4n) is 9.37. The molecule has 0 saturated heterocycles. The van der Waals surface area contributed by atoms with Gasteiger partial charge in [-0.1, -0.05) is 170 Å². The van der Waals surface area contributed by atoms with Crippen molar-refractivity contribution in [1.82, 2.24) is 0 Å². The van der Waals surface area contributed by atoms with Crippen LogP contribution in [0.1, 0.15) is 0 Å². The zero-order chi connectivity index (χ0) is 36.0. The summed E-state index contributed by atoms with van der Waals surface area (Å²) in [6, 6.07) is 72.2. The second kappa shape index (κ2) is 11.9. The maximum Gasteiger partial charge on any atom is 0.0362 e. The van der Waals surface area contributed by atoms with Gasteiger partial charge in [0.05, 0.1) is 0 Å². The molecule has 0 saturated carbocycles. The van der Waals surface area contributed by atoms with Crippen molar-refractivity contribution in [3.8, 4) is 33.4 Å². The van der Waals surface area contributed by atoms with Gasteiger partial charge in [-0.25, -0.2) is 0 Å². The Morgan fingerprint density at radius 3 is 1.29 bits per heavy atom. The SMILES string of the molecule is c1ccc2c(-c3ccc(-c4c5ccccc5c(-c5ccc6sc7cc8c9ccccc9c9ccccc9c8cc7c6c5)c5ccccc45)cc3)cccc2c1. The average Bonchev–Trinajstić information content (AvgIpc) is 3.61. The summed E-state index contributed by atoms with van der Waals surface area (Å²) in [6.45, 7) is 0. The Morgan fingerprint density at radius 1 is 0.236 bits per heavy atom. The van der Waals surface area contributed by atoms with Gasteiger partial charge in [0.15, 0.2) is 0 Å². The quantitative estimate of drug-likeness (QED) is 0.126. The third-order valence-electron chi connectivity index (χ3n) is 11.8. The largest absolute Gasteiger partial charge is 0.135 e. The maximum absolute atomic E-state index is 2.46. The Morgan fingerprint density at radius 2 is 0.673 bits per heavy atom. The first-order valence-electron chi connectivity index (χ1n) is 19.0. The van der Waals surface area contributed by atoms with Crippen molar-refractivity contribution in [2.45, 2.75) is 0 Å². The van der Waals surface area contributed by atoms with Crippen LogP contribution in [0.15, 0.2) is 194 Å². The van der Waals surface area contributed by atoms with E-state index in [1.165, 1.54) is 118 Å². The summed E-state index contributed by atoms with van der Waals surface area (Å²) in [5.41, 5.74) is 7.55. The Labute approximate surface area is 322 Å². The van der Waals surface area contributed by atoms with Gasteiger partial charge in [-0.15, -0.1) is 11.3 Å². The monoisotopic (exact) mass is 712 g/mol. The number of rotatable bonds is 3. The Balaban J connectivity index is 1.07. The molecule has 1 aromatic heterocycles. The molecule has 0 amide bonds. The molecule has 0 spiro atoms. The summed E-state index contributed by atoms with van der Waals surface area (Å²) in [5, 5.41) is 18.2. The normalized spacial score (nSPS) is 12.0. The summed E-state index contributed by atoms with van der Waals surface area (Å²) < 4.78 is 2.65. The molecule has 0 N–H and O–H groups in total. The van der Waals surface area contributed by atoms with Gasteiger partial charge in [0.1, 0.15) is 0 Å². The topological polar surface area (TPSA) is 0 Å². The lowest BCUT2D eigenvalue weighted by Crippen LogP contribution is -1.91. The van der Waals surface area contributed by atoms with Crippen LogP contribution < -0.4 is 0 Å². The summed E-state index contributed by atoms with van der Waals surface area (Å²) >= 11 is 1.90. The minimum Gasteiger partial charge on any atom is -0.135 e. The lowest BCUT2D eigenvalue weighted by Gasteiger charge is -2.18. The minimum absolute atomic E-state index is 1.23. The van der Waals surface area contributed by atoms with Crippen molar-refractivity contribution < 1.29 is 0 Å². The molecule has 12 aromatic rings. The molecule has 0 fully saturated rings. The van der Waals surface area contributed by atoms with Crippen LogP contribution in [-0.2, 0) is 0 Å². The van der Waals surface area contributed by atoms with E-state index in [4.69, 9.17) is 0 Å². The van der Waals surface area contributed by atoms with Crippen LogP contribution in [0.4, 0.5) is 0 Å². The standard InChI is InChI=1S/C54H32S/c1-2-14-37-33(12-1)13-11-23-38(37)34-24-26-35(27-25-34)53-43-19-7-9-21-45(43)54(46-22-10-8-20-44(46)53)36-28-29-51-49(30-36)50-31-47-41-17-5-3-15-39(41)40-16-4-6-18-42(40)48(47)32-52(50)55-51/h1-32H. The number of fused-ring (bicyclic) bond motifs is 12. The lowest BCUT2D eigenvalue weighted by molar-refractivity contribution is 1.63. The van der Waals surface area contributed by atoms with Gasteiger partial charge < -0.3 is 0 Å². The summed E-state index contributed by atoms with van der Waals surface area (Å²) in [5.74, 6) is 0. The first-order valence-corrected chi connectivity index (χ1v) is 19.8. The molecule has 0 bridgehead atoms. The zero-order valence-electron chi connectivity index (χ0n) is 29.9. The van der Waals surface area contributed by atoms with Crippen molar-refractivity contribution in [3.63, 3.8) is 0 Å². The fraction of sp³-hybridized carbons (Fsp3) is 0. The zero-order valence-corrected chi connectivity index (χ0v) is 30.7. The van der Waals surface area contributed by atoms with Gasteiger partial charge in [0.2, 0.25) is 0 Å². The molecule has 0 unspecified atom stereocenters. The molecule has 0 aliphatic carbocycles. The van der Waals surface area contributed by atoms with Crippen LogP contribution in [0, 0.1) is 0 Å². The van der Waals surface area contributed by atoms with E-state index in [-0.39, 0.29) is 0 Å². The van der Waals surface area contributed by atoms with E-state index in [2.05, 4.69) is 194 Å². The van der Waals surface area contributed by atoms with E-state index < -0.39 is 0 Å². The number of hydrogen-bond donors (Lipinski definition) is 0. The maximum atomic E-state index is 2.46. The predicted molar refractivity (Wildman–Crippen MR) is 241 cm³/mol. The second-order valence-electron chi connectivity index (χ2n) is 14.7. The number of hydrogen-bond acceptors (Lipinski definition) is 1. The first kappa shape index (κ1) is 30.6. The fourth-order valence-corrected chi connectivity index (χ4v) is 10.5. The third-order valence-corrected chi connectivity index (χ3v) is 13.0. The van der Waals surface area contributed by atoms with Crippen LogP contribution in [0.3, 0.4) is 0 Å². The highest BCUT2D eigenvalue weighted by Gasteiger charge is 2.19. The molecule has 12 rings (SSSR count). The third kappa shape index (κ3) is 4.57. The molecule has 0 atom stereocenters. The van der Waals surface area contributed by atoms with E-state index >= 15 is 0 Å². The molecule has 0 radical (unpaired) electrons. The van der Waals surface area contributed by atoms with Crippen molar-refractivity contribution in [1.29, 1.82) is 0 Å². The molecule has 0 aliphatic heterocycles. The van der Waals surface area contributed by atoms with Gasteiger partial charge in [-0.3, -0.25) is 0 Å². The van der Waals surface area contributed by atoms with E-state index in [0.29, 0.717) is 0 Å². The van der Waals surface area contributed by atoms with Crippen molar-refractivity contribution in [2.75, 3.05) is 0 Å². The number of benzene rings is 11. The summed E-state index contributed by atoms with van der Waals surface area (Å²) in [7, 11) is 0. The van der Waals surface area contributed by atoms with Gasteiger partial charge in [-0.2, -0.15) is 0 Å². The van der Waals surface area contributed by atoms with E-state index in [1.807, 2.05) is 11.3 Å². The molecule has 0 aliphatic rings. The summed E-state index contributed by atoms with van der Waals surface area (Å²) in [4.78, 5) is 0. The van der Waals surface area contributed by atoms with Crippen molar-refractivity contribution >= 4 is 96.1 Å². The van der Waals surface area contributed by atoms with Crippen LogP contribution in [0.25, 0.3) is 118 Å². The van der Waals surface area contributed by atoms with Crippen LogP contribution >= 0.6 is 11.3 Å². The van der Waals surface area contributed by atoms with Gasteiger partial charge in [0.25, 0.3) is 0 Å². The molecule has 1 heterocycles. The molecule has 55 heavy (non-hydrogen) atoms. The molecule has 0 nitrogen and oxygen atoms in total. The smallest absolute Gasteiger partial charge is 0.0362 e. The van der Waals surface area contributed by atoms with Crippen molar-refractivity contribution in [3.05, 3.63) is 194 Å². The summed E-state index contributed by atoms with van der Waals surface area (Å²) in [6.07, 6.45) is 0. The molecule has 254 valence electrons. The number of thiophene rings is 1. The van der Waals surface area contributed by atoms with E-state index in [0.717, 1.165) is 0 Å². The lowest BCUT2D eigenvalue weighted by atomic mass is 9.85. The van der Waals surface area contributed by atoms with Crippen LogP contribution in [-0.4, -0.2) is 0 Å².